The van der Waals surface area contributed by atoms with Crippen LogP contribution in [0.4, 0.5) is 30.8 Å². The molecule has 1 aliphatic heterocycles. The van der Waals surface area contributed by atoms with E-state index in [0.717, 1.165) is 37.9 Å². The maximum Gasteiger partial charge on any atom is 0.416 e. The molecule has 3 heterocycles. The first-order valence-electron chi connectivity index (χ1n) is 10.1. The van der Waals surface area contributed by atoms with Crippen LogP contribution >= 0.6 is 11.6 Å². The van der Waals surface area contributed by atoms with E-state index in [1.165, 1.54) is 6.07 Å². The molecule has 1 atom stereocenters. The molecule has 0 radical (unpaired) electrons. The average Bonchev–Trinajstić information content (AvgIpc) is 3.07. The van der Waals surface area contributed by atoms with Crippen LogP contribution < -0.4 is 16.0 Å². The van der Waals surface area contributed by atoms with Crippen LogP contribution in [-0.4, -0.2) is 38.1 Å². The largest absolute Gasteiger partial charge is 0.416 e. The Kier molecular flexibility index (Phi) is 4.74. The van der Waals surface area contributed by atoms with Gasteiger partial charge in [0.1, 0.15) is 5.52 Å². The molecule has 11 heteroatoms. The quantitative estimate of drug-likeness (QED) is 0.520. The summed E-state index contributed by atoms with van der Waals surface area (Å²) in [7, 11) is 0. The van der Waals surface area contributed by atoms with Crippen molar-refractivity contribution in [3.05, 3.63) is 35.0 Å². The molecular weight excluding hydrogens is 431 g/mol. The van der Waals surface area contributed by atoms with Gasteiger partial charge in [0.15, 0.2) is 5.65 Å². The van der Waals surface area contributed by atoms with Crippen LogP contribution in [-0.2, 0) is 6.18 Å². The summed E-state index contributed by atoms with van der Waals surface area (Å²) in [6, 6.07) is 3.43. The molecule has 1 aliphatic carbocycles. The highest BCUT2D eigenvalue weighted by atomic mass is 35.5. The Balaban J connectivity index is 1.56. The van der Waals surface area contributed by atoms with Gasteiger partial charge in [0.05, 0.1) is 17.8 Å². The van der Waals surface area contributed by atoms with Gasteiger partial charge in [0, 0.05) is 22.8 Å². The van der Waals surface area contributed by atoms with Crippen molar-refractivity contribution in [2.75, 3.05) is 23.7 Å². The second kappa shape index (κ2) is 7.23. The van der Waals surface area contributed by atoms with Crippen molar-refractivity contribution in [3.8, 4) is 0 Å². The maximum atomic E-state index is 13.2. The summed E-state index contributed by atoms with van der Waals surface area (Å²) in [5.74, 6) is 0.927. The Morgan fingerprint density at radius 3 is 2.71 bits per heavy atom. The van der Waals surface area contributed by atoms with Crippen LogP contribution in [0.25, 0.3) is 11.2 Å². The van der Waals surface area contributed by atoms with Gasteiger partial charge in [-0.05, 0) is 50.9 Å². The average molecular weight is 452 g/mol. The lowest BCUT2D eigenvalue weighted by Gasteiger charge is -2.17. The minimum absolute atomic E-state index is 0.00789. The summed E-state index contributed by atoms with van der Waals surface area (Å²) < 4.78 is 41.6. The van der Waals surface area contributed by atoms with Gasteiger partial charge in [-0.15, -0.1) is 0 Å². The van der Waals surface area contributed by atoms with Crippen molar-refractivity contribution in [1.82, 2.24) is 24.8 Å². The molecule has 1 unspecified atom stereocenters. The van der Waals surface area contributed by atoms with Gasteiger partial charge in [-0.25, -0.2) is 9.97 Å². The Hall–Kier alpha value is -2.59. The number of rotatable bonds is 5. The summed E-state index contributed by atoms with van der Waals surface area (Å²) in [6.45, 7) is 3.67. The number of imidazole rings is 1. The van der Waals surface area contributed by atoms with Gasteiger partial charge < -0.3 is 16.0 Å². The highest BCUT2D eigenvalue weighted by Crippen LogP contribution is 2.38. The van der Waals surface area contributed by atoms with Crippen LogP contribution in [0.5, 0.6) is 0 Å². The lowest BCUT2D eigenvalue weighted by atomic mass is 10.2. The molecule has 1 saturated carbocycles. The maximum absolute atomic E-state index is 13.2. The molecule has 2 fully saturated rings. The summed E-state index contributed by atoms with van der Waals surface area (Å²) >= 11 is 5.95. The third kappa shape index (κ3) is 4.14. The topological polar surface area (TPSA) is 79.7 Å². The molecule has 2 aliphatic rings. The molecule has 31 heavy (non-hydrogen) atoms. The van der Waals surface area contributed by atoms with E-state index in [1.807, 2.05) is 4.57 Å². The van der Waals surface area contributed by atoms with Gasteiger partial charge in [-0.1, -0.05) is 11.6 Å². The predicted molar refractivity (Wildman–Crippen MR) is 113 cm³/mol. The fraction of sp³-hybridized carbons (Fsp3) is 0.450. The molecule has 1 aromatic carbocycles. The number of benzene rings is 1. The number of anilines is 3. The summed E-state index contributed by atoms with van der Waals surface area (Å²) in [6.07, 6.45) is 0.113. The van der Waals surface area contributed by atoms with E-state index in [0.29, 0.717) is 29.6 Å². The number of aromatic nitrogens is 4. The van der Waals surface area contributed by atoms with Crippen molar-refractivity contribution in [2.24, 2.45) is 0 Å². The molecule has 0 spiro atoms. The van der Waals surface area contributed by atoms with Crippen molar-refractivity contribution < 1.29 is 13.2 Å². The van der Waals surface area contributed by atoms with E-state index in [2.05, 4.69) is 37.8 Å². The minimum atomic E-state index is -4.50. The van der Waals surface area contributed by atoms with Crippen molar-refractivity contribution in [1.29, 1.82) is 0 Å². The SMILES string of the molecule is CC1(Nc2ncc3nc(Nc4cc(Cl)cc(C(F)(F)F)c4)n(C4CCNC4)c3n2)CC1. The van der Waals surface area contributed by atoms with Gasteiger partial charge >= 0.3 is 6.18 Å². The number of fused-ring (bicyclic) bond motifs is 1. The monoisotopic (exact) mass is 451 g/mol. The van der Waals surface area contributed by atoms with E-state index in [-0.39, 0.29) is 22.3 Å². The Morgan fingerprint density at radius 2 is 2.03 bits per heavy atom. The van der Waals surface area contributed by atoms with Gasteiger partial charge in [-0.3, -0.25) is 4.57 Å². The zero-order chi connectivity index (χ0) is 21.8. The number of hydrogen-bond acceptors (Lipinski definition) is 6. The number of nitrogens with one attached hydrogen (secondary N) is 3. The second-order valence-corrected chi connectivity index (χ2v) is 8.83. The molecule has 0 bridgehead atoms. The smallest absolute Gasteiger partial charge is 0.349 e. The van der Waals surface area contributed by atoms with Crippen molar-refractivity contribution >= 4 is 40.3 Å². The summed E-state index contributed by atoms with van der Waals surface area (Å²) in [4.78, 5) is 13.6. The Bertz CT molecular complexity index is 1130. The molecule has 7 nitrogen and oxygen atoms in total. The van der Waals surface area contributed by atoms with Crippen molar-refractivity contribution in [2.45, 2.75) is 43.9 Å². The van der Waals surface area contributed by atoms with E-state index < -0.39 is 11.7 Å². The fourth-order valence-corrected chi connectivity index (χ4v) is 4.02. The zero-order valence-electron chi connectivity index (χ0n) is 16.7. The third-order valence-electron chi connectivity index (χ3n) is 5.73. The van der Waals surface area contributed by atoms with E-state index in [4.69, 9.17) is 11.6 Å². The summed E-state index contributed by atoms with van der Waals surface area (Å²) in [5.41, 5.74) is 0.606. The number of halogens is 4. The van der Waals surface area contributed by atoms with E-state index >= 15 is 0 Å². The molecule has 0 amide bonds. The molecule has 1 saturated heterocycles. The number of nitrogens with zero attached hydrogens (tertiary/aromatic N) is 4. The molecule has 3 aromatic rings. The lowest BCUT2D eigenvalue weighted by Crippen LogP contribution is -2.19. The van der Waals surface area contributed by atoms with Crippen molar-refractivity contribution in [3.63, 3.8) is 0 Å². The molecule has 5 rings (SSSR count). The second-order valence-electron chi connectivity index (χ2n) is 8.39. The molecule has 3 N–H and O–H groups in total. The summed E-state index contributed by atoms with van der Waals surface area (Å²) in [5, 5.41) is 9.68. The highest BCUT2D eigenvalue weighted by molar-refractivity contribution is 6.31. The first-order valence-corrected chi connectivity index (χ1v) is 10.5. The standard InChI is InChI=1S/C20H21ClF3N7/c1-19(3-4-19)30-17-26-10-15-16(29-17)31(14-2-5-25-9-14)18(28-15)27-13-7-11(20(22,23)24)6-12(21)8-13/h6-8,10,14,25H,2-5,9H2,1H3,(H,27,28)(H,26,29,30). The van der Waals surface area contributed by atoms with Gasteiger partial charge in [0.25, 0.3) is 0 Å². The molecule has 2 aromatic heterocycles. The number of alkyl halides is 3. The molecule has 164 valence electrons. The normalized spacial score (nSPS) is 20.2. The first-order chi connectivity index (χ1) is 14.7. The molecular formula is C20H21ClF3N7. The third-order valence-corrected chi connectivity index (χ3v) is 5.95. The Labute approximate surface area is 181 Å². The highest BCUT2D eigenvalue weighted by Gasteiger charge is 2.38. The van der Waals surface area contributed by atoms with Crippen LogP contribution in [0.3, 0.4) is 0 Å². The van der Waals surface area contributed by atoms with Crippen LogP contribution in [0, 0.1) is 0 Å². The minimum Gasteiger partial charge on any atom is -0.349 e. The fourth-order valence-electron chi connectivity index (χ4n) is 3.78. The van der Waals surface area contributed by atoms with Crippen LogP contribution in [0.2, 0.25) is 5.02 Å². The first kappa shape index (κ1) is 20.3. The lowest BCUT2D eigenvalue weighted by molar-refractivity contribution is -0.137. The van der Waals surface area contributed by atoms with Gasteiger partial charge in [-0.2, -0.15) is 18.2 Å². The van der Waals surface area contributed by atoms with E-state index in [9.17, 15) is 13.2 Å². The number of hydrogen-bond donors (Lipinski definition) is 3. The van der Waals surface area contributed by atoms with Crippen LogP contribution in [0.15, 0.2) is 24.4 Å². The Morgan fingerprint density at radius 1 is 1.23 bits per heavy atom. The predicted octanol–water partition coefficient (Wildman–Crippen LogP) is 4.74. The zero-order valence-corrected chi connectivity index (χ0v) is 17.5. The van der Waals surface area contributed by atoms with E-state index in [1.54, 1.807) is 6.20 Å². The van der Waals surface area contributed by atoms with Crippen LogP contribution in [0.1, 0.15) is 37.8 Å². The van der Waals surface area contributed by atoms with Gasteiger partial charge in [0.2, 0.25) is 11.9 Å².